The van der Waals surface area contributed by atoms with Crippen LogP contribution in [0.25, 0.3) is 0 Å². The molecule has 104 valence electrons. The molecule has 1 aromatic rings. The number of urea groups is 1. The quantitative estimate of drug-likeness (QED) is 0.391. The van der Waals surface area contributed by atoms with Gasteiger partial charge in [-0.25, -0.2) is 9.59 Å². The van der Waals surface area contributed by atoms with E-state index in [1.54, 1.807) is 0 Å². The van der Waals surface area contributed by atoms with Crippen LogP contribution in [0.3, 0.4) is 0 Å². The van der Waals surface area contributed by atoms with Gasteiger partial charge in [0, 0.05) is 6.42 Å². The summed E-state index contributed by atoms with van der Waals surface area (Å²) in [5.74, 6) is -2.22. The normalized spacial score (nSPS) is 11.6. The number of nitrogens with zero attached hydrogens (tertiary/aromatic N) is 3. The highest BCUT2D eigenvalue weighted by Crippen LogP contribution is 1.98. The second-order valence-electron chi connectivity index (χ2n) is 3.48. The van der Waals surface area contributed by atoms with Crippen LogP contribution in [-0.2, 0) is 16.1 Å². The van der Waals surface area contributed by atoms with Crippen molar-refractivity contribution in [2.24, 2.45) is 0 Å². The predicted octanol–water partition coefficient (Wildman–Crippen LogP) is -1.68. The number of carbonyl (C=O) groups is 3. The van der Waals surface area contributed by atoms with Gasteiger partial charge in [0.05, 0.1) is 6.54 Å². The van der Waals surface area contributed by atoms with Crippen LogP contribution >= 0.6 is 0 Å². The number of amides is 2. The number of H-pyrrole nitrogens is 1. The number of nitrogens with one attached hydrogen (secondary N) is 3. The zero-order valence-corrected chi connectivity index (χ0v) is 9.66. The topological polar surface area (TPSA) is 170 Å². The van der Waals surface area contributed by atoms with Gasteiger partial charge < -0.3 is 20.8 Å². The van der Waals surface area contributed by atoms with Crippen LogP contribution in [0.4, 0.5) is 4.79 Å². The first kappa shape index (κ1) is 14.3. The molecule has 2 amide bonds. The molecular formula is C8H12N6O5. The Hall–Kier alpha value is -2.72. The molecule has 1 atom stereocenters. The van der Waals surface area contributed by atoms with Gasteiger partial charge in [-0.05, 0) is 6.42 Å². The minimum atomic E-state index is -1.31. The monoisotopic (exact) mass is 272 g/mol. The predicted molar refractivity (Wildman–Crippen MR) is 57.8 cm³/mol. The lowest BCUT2D eigenvalue weighted by Crippen LogP contribution is -2.46. The average molecular weight is 272 g/mol. The molecule has 0 saturated carbocycles. The Morgan fingerprint density at radius 1 is 1.32 bits per heavy atom. The molecule has 19 heavy (non-hydrogen) atoms. The zero-order chi connectivity index (χ0) is 14.3. The molecule has 1 heterocycles. The molecule has 0 spiro atoms. The van der Waals surface area contributed by atoms with E-state index in [4.69, 9.17) is 10.2 Å². The third-order valence-electron chi connectivity index (χ3n) is 2.05. The van der Waals surface area contributed by atoms with Crippen LogP contribution in [0.1, 0.15) is 18.7 Å². The van der Waals surface area contributed by atoms with Gasteiger partial charge in [-0.15, -0.1) is 10.2 Å². The summed E-state index contributed by atoms with van der Waals surface area (Å²) >= 11 is 0. The van der Waals surface area contributed by atoms with E-state index >= 15 is 0 Å². The lowest BCUT2D eigenvalue weighted by Gasteiger charge is -2.13. The number of aromatic amines is 1. The summed E-state index contributed by atoms with van der Waals surface area (Å²) in [7, 11) is 0. The number of hydrogen-bond acceptors (Lipinski definition) is 6. The maximum atomic E-state index is 11.4. The first-order valence-electron chi connectivity index (χ1n) is 5.20. The number of tetrazole rings is 1. The number of hydrogen-bond donors (Lipinski definition) is 5. The fraction of sp³-hybridized carbons (Fsp3) is 0.500. The molecule has 11 heteroatoms. The van der Waals surface area contributed by atoms with E-state index in [-0.39, 0.29) is 25.2 Å². The molecule has 1 rings (SSSR count). The third-order valence-corrected chi connectivity index (χ3v) is 2.05. The van der Waals surface area contributed by atoms with Crippen molar-refractivity contribution in [1.29, 1.82) is 0 Å². The second-order valence-corrected chi connectivity index (χ2v) is 3.48. The van der Waals surface area contributed by atoms with Crippen LogP contribution in [0, 0.1) is 0 Å². The number of carboxylic acids is 2. The van der Waals surface area contributed by atoms with E-state index in [2.05, 4.69) is 31.3 Å². The lowest BCUT2D eigenvalue weighted by atomic mass is 10.1. The van der Waals surface area contributed by atoms with Crippen LogP contribution in [0.15, 0.2) is 0 Å². The van der Waals surface area contributed by atoms with Gasteiger partial charge in [-0.2, -0.15) is 5.21 Å². The number of aromatic nitrogens is 4. The molecule has 0 aromatic carbocycles. The Morgan fingerprint density at radius 3 is 2.58 bits per heavy atom. The highest BCUT2D eigenvalue weighted by atomic mass is 16.4. The lowest BCUT2D eigenvalue weighted by molar-refractivity contribution is -0.140. The average Bonchev–Trinajstić information content (AvgIpc) is 2.84. The summed E-state index contributed by atoms with van der Waals surface area (Å²) in [5.41, 5.74) is 0. The molecule has 1 aromatic heterocycles. The van der Waals surface area contributed by atoms with Crippen molar-refractivity contribution >= 4 is 18.0 Å². The van der Waals surface area contributed by atoms with Gasteiger partial charge in [-0.3, -0.25) is 4.79 Å². The SMILES string of the molecule is O=C(O)CCC(NC(=O)NCc1nn[nH]n1)C(=O)O. The number of carbonyl (C=O) groups excluding carboxylic acids is 1. The summed E-state index contributed by atoms with van der Waals surface area (Å²) in [6.07, 6.45) is -0.567. The van der Waals surface area contributed by atoms with Crippen LogP contribution in [-0.4, -0.2) is 54.8 Å². The molecule has 5 N–H and O–H groups in total. The molecule has 0 aliphatic rings. The second kappa shape index (κ2) is 6.88. The van der Waals surface area contributed by atoms with E-state index < -0.39 is 24.0 Å². The van der Waals surface area contributed by atoms with Crippen molar-refractivity contribution in [1.82, 2.24) is 31.3 Å². The van der Waals surface area contributed by atoms with Crippen LogP contribution in [0.2, 0.25) is 0 Å². The molecule has 0 aliphatic carbocycles. The van der Waals surface area contributed by atoms with E-state index in [0.717, 1.165) is 0 Å². The van der Waals surface area contributed by atoms with Crippen molar-refractivity contribution in [2.45, 2.75) is 25.4 Å². The maximum Gasteiger partial charge on any atom is 0.326 e. The smallest absolute Gasteiger partial charge is 0.326 e. The van der Waals surface area contributed by atoms with Crippen molar-refractivity contribution < 1.29 is 24.6 Å². The fourth-order valence-corrected chi connectivity index (χ4v) is 1.15. The first-order chi connectivity index (χ1) is 8.99. The summed E-state index contributed by atoms with van der Waals surface area (Å²) in [4.78, 5) is 32.5. The van der Waals surface area contributed by atoms with E-state index in [0.29, 0.717) is 0 Å². The minimum Gasteiger partial charge on any atom is -0.481 e. The number of carboxylic acid groups (broad SMARTS) is 2. The van der Waals surface area contributed by atoms with Crippen molar-refractivity contribution in [3.8, 4) is 0 Å². The van der Waals surface area contributed by atoms with Gasteiger partial charge in [0.15, 0.2) is 5.82 Å². The van der Waals surface area contributed by atoms with Gasteiger partial charge in [-0.1, -0.05) is 5.21 Å². The van der Waals surface area contributed by atoms with E-state index in [1.807, 2.05) is 0 Å². The Kier molecular flexibility index (Phi) is 5.19. The fourth-order valence-electron chi connectivity index (χ4n) is 1.15. The van der Waals surface area contributed by atoms with Gasteiger partial charge in [0.2, 0.25) is 0 Å². The summed E-state index contributed by atoms with van der Waals surface area (Å²) in [5, 5.41) is 34.3. The molecule has 0 saturated heterocycles. The molecule has 0 fully saturated rings. The van der Waals surface area contributed by atoms with Crippen LogP contribution in [0.5, 0.6) is 0 Å². The van der Waals surface area contributed by atoms with Crippen molar-refractivity contribution in [3.05, 3.63) is 5.82 Å². The zero-order valence-electron chi connectivity index (χ0n) is 9.66. The largest absolute Gasteiger partial charge is 0.481 e. The van der Waals surface area contributed by atoms with E-state index in [1.165, 1.54) is 0 Å². The maximum absolute atomic E-state index is 11.4. The Labute approximate surface area is 106 Å². The molecule has 0 bridgehead atoms. The highest BCUT2D eigenvalue weighted by Gasteiger charge is 2.20. The minimum absolute atomic E-state index is 0.0341. The molecule has 11 nitrogen and oxygen atoms in total. The molecule has 0 radical (unpaired) electrons. The molecule has 0 aliphatic heterocycles. The third kappa shape index (κ3) is 5.43. The van der Waals surface area contributed by atoms with Crippen molar-refractivity contribution in [3.63, 3.8) is 0 Å². The van der Waals surface area contributed by atoms with Gasteiger partial charge >= 0.3 is 18.0 Å². The summed E-state index contributed by atoms with van der Waals surface area (Å²) in [6.45, 7) is -0.0341. The number of rotatable bonds is 7. The molecular weight excluding hydrogens is 260 g/mol. The van der Waals surface area contributed by atoms with Crippen molar-refractivity contribution in [2.75, 3.05) is 0 Å². The van der Waals surface area contributed by atoms with Crippen LogP contribution < -0.4 is 10.6 Å². The standard InChI is InChI=1S/C8H12N6O5/c15-6(16)2-1-4(7(17)18)10-8(19)9-3-5-11-13-14-12-5/h4H,1-3H2,(H,15,16)(H,17,18)(H2,9,10,19)(H,11,12,13,14). The number of aliphatic carboxylic acids is 2. The Balaban J connectivity index is 2.38. The molecule has 1 unspecified atom stereocenters. The van der Waals surface area contributed by atoms with E-state index in [9.17, 15) is 14.4 Å². The highest BCUT2D eigenvalue weighted by molar-refractivity contribution is 5.82. The first-order valence-corrected chi connectivity index (χ1v) is 5.20. The Bertz CT molecular complexity index is 446. The van der Waals surface area contributed by atoms with Gasteiger partial charge in [0.1, 0.15) is 6.04 Å². The summed E-state index contributed by atoms with van der Waals surface area (Å²) in [6, 6.07) is -2.04. The van der Waals surface area contributed by atoms with Gasteiger partial charge in [0.25, 0.3) is 0 Å². The summed E-state index contributed by atoms with van der Waals surface area (Å²) < 4.78 is 0. The Morgan fingerprint density at radius 2 is 2.05 bits per heavy atom.